The molecule has 3 nitrogen and oxygen atoms in total. The van der Waals surface area contributed by atoms with Crippen LogP contribution in [0.1, 0.15) is 26.3 Å². The average molecular weight is 298 g/mol. The van der Waals surface area contributed by atoms with Crippen LogP contribution in [0.3, 0.4) is 0 Å². The molecule has 0 aliphatic carbocycles. The highest BCUT2D eigenvalue weighted by Gasteiger charge is 2.18. The third-order valence-electron chi connectivity index (χ3n) is 2.98. The molecule has 1 aromatic heterocycles. The summed E-state index contributed by atoms with van der Waals surface area (Å²) in [5.41, 5.74) is 1.47. The van der Waals surface area contributed by atoms with Gasteiger partial charge in [0.1, 0.15) is 0 Å². The number of fused-ring (bicyclic) bond motifs is 1. The summed E-state index contributed by atoms with van der Waals surface area (Å²) < 4.78 is 23.6. The fourth-order valence-corrected chi connectivity index (χ4v) is 3.03. The summed E-state index contributed by atoms with van der Waals surface area (Å²) in [6.07, 6.45) is 2.89. The number of aromatic nitrogens is 1. The Morgan fingerprint density at radius 1 is 1.16 bits per heavy atom. The molecule has 102 valence electrons. The quantitative estimate of drug-likeness (QED) is 0.808. The van der Waals surface area contributed by atoms with Gasteiger partial charge in [-0.25, -0.2) is 8.42 Å². The Bertz CT molecular complexity index is 746. The molecular weight excluding hydrogens is 282 g/mol. The van der Waals surface area contributed by atoms with Gasteiger partial charge in [-0.3, -0.25) is 4.98 Å². The number of halogens is 1. The molecule has 2 rings (SSSR count). The predicted octanol–water partition coefficient (Wildman–Crippen LogP) is 3.59. The van der Waals surface area contributed by atoms with Crippen molar-refractivity contribution < 1.29 is 8.42 Å². The number of nitrogens with zero attached hydrogens (tertiary/aromatic N) is 1. The minimum Gasteiger partial charge on any atom is -0.255 e. The molecule has 0 aliphatic heterocycles. The SMILES string of the molecule is CC(C)(C)c1cnc2c(S(C)(=O)=O)cc(Cl)cc2c1. The molecular formula is C14H16ClNO2S. The fourth-order valence-electron chi connectivity index (χ4n) is 1.87. The van der Waals surface area contributed by atoms with E-state index in [-0.39, 0.29) is 10.3 Å². The highest BCUT2D eigenvalue weighted by atomic mass is 35.5. The van der Waals surface area contributed by atoms with Crippen LogP contribution in [0.25, 0.3) is 10.9 Å². The lowest BCUT2D eigenvalue weighted by Gasteiger charge is -2.19. The summed E-state index contributed by atoms with van der Waals surface area (Å²) in [4.78, 5) is 4.49. The number of pyridine rings is 1. The molecule has 19 heavy (non-hydrogen) atoms. The van der Waals surface area contributed by atoms with Crippen LogP contribution in [-0.2, 0) is 15.3 Å². The highest BCUT2D eigenvalue weighted by molar-refractivity contribution is 7.91. The molecule has 1 heterocycles. The van der Waals surface area contributed by atoms with Crippen molar-refractivity contribution in [2.75, 3.05) is 6.26 Å². The van der Waals surface area contributed by atoms with Crippen LogP contribution in [-0.4, -0.2) is 19.7 Å². The molecule has 0 fully saturated rings. The maximum Gasteiger partial charge on any atom is 0.177 e. The summed E-state index contributed by atoms with van der Waals surface area (Å²) in [6, 6.07) is 5.14. The van der Waals surface area contributed by atoms with Crippen LogP contribution < -0.4 is 0 Å². The topological polar surface area (TPSA) is 47.0 Å². The second kappa shape index (κ2) is 4.46. The van der Waals surface area contributed by atoms with Crippen molar-refractivity contribution in [2.45, 2.75) is 31.1 Å². The van der Waals surface area contributed by atoms with Gasteiger partial charge in [-0.15, -0.1) is 0 Å². The van der Waals surface area contributed by atoms with Gasteiger partial charge in [0, 0.05) is 22.9 Å². The summed E-state index contributed by atoms with van der Waals surface area (Å²) in [5, 5.41) is 1.15. The number of rotatable bonds is 1. The zero-order valence-electron chi connectivity index (χ0n) is 11.4. The minimum absolute atomic E-state index is 0.0469. The second-order valence-corrected chi connectivity index (χ2v) is 8.14. The molecule has 5 heteroatoms. The van der Waals surface area contributed by atoms with E-state index in [0.29, 0.717) is 10.5 Å². The first kappa shape index (κ1) is 14.3. The first-order valence-corrected chi connectivity index (χ1v) is 8.16. The minimum atomic E-state index is -3.35. The van der Waals surface area contributed by atoms with Gasteiger partial charge in [-0.2, -0.15) is 0 Å². The van der Waals surface area contributed by atoms with Crippen LogP contribution in [0.4, 0.5) is 0 Å². The van der Waals surface area contributed by atoms with Gasteiger partial charge in [0.15, 0.2) is 9.84 Å². The van der Waals surface area contributed by atoms with E-state index in [1.807, 2.05) is 6.07 Å². The molecule has 0 spiro atoms. The van der Waals surface area contributed by atoms with Gasteiger partial charge in [-0.1, -0.05) is 32.4 Å². The molecule has 0 bridgehead atoms. The number of benzene rings is 1. The van der Waals surface area contributed by atoms with E-state index in [1.54, 1.807) is 12.3 Å². The van der Waals surface area contributed by atoms with Gasteiger partial charge in [-0.05, 0) is 29.2 Å². The molecule has 1 aromatic carbocycles. The third-order valence-corrected chi connectivity index (χ3v) is 4.31. The summed E-state index contributed by atoms with van der Waals surface area (Å²) in [5.74, 6) is 0. The van der Waals surface area contributed by atoms with Crippen LogP contribution in [0, 0.1) is 0 Å². The van der Waals surface area contributed by atoms with Gasteiger partial charge in [0.25, 0.3) is 0 Å². The van der Waals surface area contributed by atoms with E-state index in [0.717, 1.165) is 17.2 Å². The Balaban J connectivity index is 2.83. The normalized spacial score (nSPS) is 12.9. The molecule has 0 radical (unpaired) electrons. The molecule has 0 saturated carbocycles. The van der Waals surface area contributed by atoms with Gasteiger partial charge < -0.3 is 0 Å². The first-order valence-electron chi connectivity index (χ1n) is 5.89. The molecule has 0 amide bonds. The molecule has 0 aliphatic rings. The van der Waals surface area contributed by atoms with E-state index in [9.17, 15) is 8.42 Å². The predicted molar refractivity (Wildman–Crippen MR) is 78.6 cm³/mol. The van der Waals surface area contributed by atoms with Gasteiger partial charge in [0.2, 0.25) is 0 Å². The Morgan fingerprint density at radius 3 is 2.32 bits per heavy atom. The van der Waals surface area contributed by atoms with Crippen LogP contribution >= 0.6 is 11.6 Å². The van der Waals surface area contributed by atoms with Gasteiger partial charge in [0.05, 0.1) is 10.4 Å². The van der Waals surface area contributed by atoms with Crippen LogP contribution in [0.5, 0.6) is 0 Å². The summed E-state index contributed by atoms with van der Waals surface area (Å²) in [6.45, 7) is 6.24. The monoisotopic (exact) mass is 297 g/mol. The average Bonchev–Trinajstić information content (AvgIpc) is 2.24. The maximum absolute atomic E-state index is 11.8. The van der Waals surface area contributed by atoms with Crippen LogP contribution in [0.2, 0.25) is 5.02 Å². The molecule has 2 aromatic rings. The van der Waals surface area contributed by atoms with Crippen molar-refractivity contribution in [3.63, 3.8) is 0 Å². The highest BCUT2D eigenvalue weighted by Crippen LogP contribution is 2.30. The lowest BCUT2D eigenvalue weighted by atomic mass is 9.88. The Hall–Kier alpha value is -1.13. The smallest absolute Gasteiger partial charge is 0.177 e. The zero-order valence-corrected chi connectivity index (χ0v) is 12.9. The van der Waals surface area contributed by atoms with E-state index in [4.69, 9.17) is 11.6 Å². The Morgan fingerprint density at radius 2 is 1.79 bits per heavy atom. The number of sulfone groups is 1. The largest absolute Gasteiger partial charge is 0.255 e. The number of hydrogen-bond donors (Lipinski definition) is 0. The van der Waals surface area contributed by atoms with E-state index in [1.165, 1.54) is 6.07 Å². The lowest BCUT2D eigenvalue weighted by Crippen LogP contribution is -2.11. The molecule has 0 saturated heterocycles. The molecule has 0 unspecified atom stereocenters. The van der Waals surface area contributed by atoms with Crippen molar-refractivity contribution in [1.82, 2.24) is 4.98 Å². The lowest BCUT2D eigenvalue weighted by molar-refractivity contribution is 0.588. The summed E-state index contributed by atoms with van der Waals surface area (Å²) in [7, 11) is -3.35. The standard InChI is InChI=1S/C14H16ClNO2S/c1-14(2,3)10-5-9-6-11(15)7-12(19(4,17)18)13(9)16-8-10/h5-8H,1-4H3. The van der Waals surface area contributed by atoms with Crippen molar-refractivity contribution in [1.29, 1.82) is 0 Å². The maximum atomic E-state index is 11.8. The molecule has 0 atom stereocenters. The van der Waals surface area contributed by atoms with Crippen molar-refractivity contribution >= 4 is 32.3 Å². The third kappa shape index (κ3) is 2.90. The van der Waals surface area contributed by atoms with E-state index >= 15 is 0 Å². The molecule has 0 N–H and O–H groups in total. The van der Waals surface area contributed by atoms with Crippen molar-refractivity contribution in [2.24, 2.45) is 0 Å². The van der Waals surface area contributed by atoms with Crippen molar-refractivity contribution in [3.05, 3.63) is 35.0 Å². The fraction of sp³-hybridized carbons (Fsp3) is 0.357. The second-order valence-electron chi connectivity index (χ2n) is 5.72. The van der Waals surface area contributed by atoms with E-state index in [2.05, 4.69) is 25.8 Å². The van der Waals surface area contributed by atoms with Crippen molar-refractivity contribution in [3.8, 4) is 0 Å². The Kier molecular flexibility index (Phi) is 3.35. The summed E-state index contributed by atoms with van der Waals surface area (Å²) >= 11 is 6.00. The zero-order chi connectivity index (χ0) is 14.4. The van der Waals surface area contributed by atoms with Gasteiger partial charge >= 0.3 is 0 Å². The Labute approximate surface area is 118 Å². The number of hydrogen-bond acceptors (Lipinski definition) is 3. The first-order chi connectivity index (χ1) is 8.59. The van der Waals surface area contributed by atoms with E-state index < -0.39 is 9.84 Å². The van der Waals surface area contributed by atoms with Crippen LogP contribution in [0.15, 0.2) is 29.3 Å².